The number of nitrogens with one attached hydrogen (secondary N) is 1. The van der Waals surface area contributed by atoms with Gasteiger partial charge in [0.1, 0.15) is 0 Å². The van der Waals surface area contributed by atoms with Crippen LogP contribution in [0.3, 0.4) is 0 Å². The van der Waals surface area contributed by atoms with E-state index in [1.807, 2.05) is 30.3 Å². The zero-order chi connectivity index (χ0) is 18.9. The standard InChI is InChI=1S/C21H22N2O4/c24-20(16-5-2-1-3-6-16)22-21(11-4-12-21)17-13-19(27-14-17)15-7-9-18(10-8-15)23(25)26/h1-3,5-10,17,19H,4,11-14H2,(H,22,24)/t17-,19-/m1/s1. The van der Waals surface area contributed by atoms with E-state index >= 15 is 0 Å². The molecule has 0 aromatic heterocycles. The van der Waals surface area contributed by atoms with Gasteiger partial charge in [0.15, 0.2) is 0 Å². The lowest BCUT2D eigenvalue weighted by Gasteiger charge is -2.46. The van der Waals surface area contributed by atoms with Crippen molar-refractivity contribution in [3.63, 3.8) is 0 Å². The molecule has 1 aliphatic heterocycles. The van der Waals surface area contributed by atoms with Crippen LogP contribution in [-0.2, 0) is 4.74 Å². The maximum absolute atomic E-state index is 12.6. The van der Waals surface area contributed by atoms with Crippen molar-refractivity contribution in [2.45, 2.75) is 37.3 Å². The highest BCUT2D eigenvalue weighted by atomic mass is 16.6. The normalized spacial score (nSPS) is 23.4. The molecule has 6 nitrogen and oxygen atoms in total. The molecule has 2 aliphatic rings. The van der Waals surface area contributed by atoms with Crippen LogP contribution in [0.4, 0.5) is 5.69 Å². The molecule has 2 aromatic carbocycles. The Labute approximate surface area is 157 Å². The Morgan fingerprint density at radius 2 is 1.81 bits per heavy atom. The lowest BCUT2D eigenvalue weighted by Crippen LogP contribution is -2.58. The predicted molar refractivity (Wildman–Crippen MR) is 100 cm³/mol. The molecule has 2 fully saturated rings. The van der Waals surface area contributed by atoms with E-state index in [0.717, 1.165) is 31.2 Å². The number of non-ortho nitro benzene ring substituents is 1. The van der Waals surface area contributed by atoms with Gasteiger partial charge in [-0.3, -0.25) is 14.9 Å². The minimum Gasteiger partial charge on any atom is -0.373 e. The summed E-state index contributed by atoms with van der Waals surface area (Å²) in [6, 6.07) is 15.8. The second kappa shape index (κ2) is 7.12. The average molecular weight is 366 g/mol. The molecule has 2 aromatic rings. The SMILES string of the molecule is O=C(NC1([C@H]2CO[C@@H](c3ccc([N+](=O)[O-])cc3)C2)CCC1)c1ccccc1. The molecule has 1 amide bonds. The van der Waals surface area contributed by atoms with Gasteiger partial charge in [-0.15, -0.1) is 0 Å². The van der Waals surface area contributed by atoms with Crippen molar-refractivity contribution >= 4 is 11.6 Å². The first-order chi connectivity index (χ1) is 13.1. The third kappa shape index (κ3) is 3.45. The summed E-state index contributed by atoms with van der Waals surface area (Å²) >= 11 is 0. The topological polar surface area (TPSA) is 81.5 Å². The van der Waals surface area contributed by atoms with E-state index in [0.29, 0.717) is 12.2 Å². The third-order valence-electron chi connectivity index (χ3n) is 5.90. The van der Waals surface area contributed by atoms with Crippen molar-refractivity contribution < 1.29 is 14.5 Å². The highest BCUT2D eigenvalue weighted by molar-refractivity contribution is 5.94. The zero-order valence-corrected chi connectivity index (χ0v) is 15.0. The lowest BCUT2D eigenvalue weighted by molar-refractivity contribution is -0.384. The van der Waals surface area contributed by atoms with Gasteiger partial charge in [-0.25, -0.2) is 0 Å². The summed E-state index contributed by atoms with van der Waals surface area (Å²) in [5.41, 5.74) is 1.50. The van der Waals surface area contributed by atoms with Crippen LogP contribution in [-0.4, -0.2) is 23.0 Å². The van der Waals surface area contributed by atoms with Gasteiger partial charge in [-0.2, -0.15) is 0 Å². The zero-order valence-electron chi connectivity index (χ0n) is 15.0. The minimum absolute atomic E-state index is 0.0333. The van der Waals surface area contributed by atoms with E-state index in [9.17, 15) is 14.9 Å². The largest absolute Gasteiger partial charge is 0.373 e. The minimum atomic E-state index is -0.398. The van der Waals surface area contributed by atoms with E-state index in [1.165, 1.54) is 12.1 Å². The summed E-state index contributed by atoms with van der Waals surface area (Å²) in [6.07, 6.45) is 3.77. The number of ether oxygens (including phenoxy) is 1. The van der Waals surface area contributed by atoms with Gasteiger partial charge in [0.2, 0.25) is 0 Å². The van der Waals surface area contributed by atoms with Crippen molar-refractivity contribution in [2.75, 3.05) is 6.61 Å². The Balaban J connectivity index is 1.45. The van der Waals surface area contributed by atoms with Gasteiger partial charge in [0.25, 0.3) is 11.6 Å². The van der Waals surface area contributed by atoms with Crippen LogP contribution in [0.15, 0.2) is 54.6 Å². The molecular formula is C21H22N2O4. The second-order valence-corrected chi connectivity index (χ2v) is 7.43. The number of rotatable bonds is 5. The Morgan fingerprint density at radius 3 is 2.41 bits per heavy atom. The maximum Gasteiger partial charge on any atom is 0.269 e. The number of hydrogen-bond acceptors (Lipinski definition) is 4. The summed E-state index contributed by atoms with van der Waals surface area (Å²) in [5.74, 6) is 0.216. The molecule has 0 spiro atoms. The van der Waals surface area contributed by atoms with Gasteiger partial charge in [0, 0.05) is 29.2 Å². The van der Waals surface area contributed by atoms with E-state index in [4.69, 9.17) is 4.74 Å². The monoisotopic (exact) mass is 366 g/mol. The molecule has 27 heavy (non-hydrogen) atoms. The average Bonchev–Trinajstić information content (AvgIpc) is 3.15. The Kier molecular flexibility index (Phi) is 4.66. The number of amides is 1. The van der Waals surface area contributed by atoms with Crippen LogP contribution in [0.5, 0.6) is 0 Å². The number of nitrogens with zero attached hydrogens (tertiary/aromatic N) is 1. The van der Waals surface area contributed by atoms with Gasteiger partial charge in [-0.05, 0) is 55.5 Å². The molecule has 6 heteroatoms. The highest BCUT2D eigenvalue weighted by Gasteiger charge is 2.48. The Morgan fingerprint density at radius 1 is 1.11 bits per heavy atom. The number of hydrogen-bond donors (Lipinski definition) is 1. The highest BCUT2D eigenvalue weighted by Crippen LogP contribution is 2.46. The lowest BCUT2D eigenvalue weighted by atomic mass is 9.67. The molecule has 1 heterocycles. The predicted octanol–water partition coefficient (Wildman–Crippen LogP) is 4.03. The molecule has 0 unspecified atom stereocenters. The smallest absolute Gasteiger partial charge is 0.269 e. The first-order valence-electron chi connectivity index (χ1n) is 9.31. The quantitative estimate of drug-likeness (QED) is 0.640. The van der Waals surface area contributed by atoms with Gasteiger partial charge < -0.3 is 10.1 Å². The first-order valence-corrected chi connectivity index (χ1v) is 9.31. The van der Waals surface area contributed by atoms with Crippen LogP contribution in [0.25, 0.3) is 0 Å². The molecule has 1 N–H and O–H groups in total. The van der Waals surface area contributed by atoms with E-state index in [1.54, 1.807) is 12.1 Å². The summed E-state index contributed by atoms with van der Waals surface area (Å²) < 4.78 is 6.00. The summed E-state index contributed by atoms with van der Waals surface area (Å²) in [5, 5.41) is 14.1. The number of nitro benzene ring substituents is 1. The van der Waals surface area contributed by atoms with Crippen molar-refractivity contribution in [3.05, 3.63) is 75.8 Å². The van der Waals surface area contributed by atoms with Gasteiger partial charge in [-0.1, -0.05) is 18.2 Å². The fraction of sp³-hybridized carbons (Fsp3) is 0.381. The first kappa shape index (κ1) is 17.7. The second-order valence-electron chi connectivity index (χ2n) is 7.43. The van der Waals surface area contributed by atoms with E-state index in [-0.39, 0.29) is 29.2 Å². The molecule has 0 radical (unpaired) electrons. The molecule has 1 saturated heterocycles. The summed E-state index contributed by atoms with van der Waals surface area (Å²) in [4.78, 5) is 23.1. The molecule has 1 aliphatic carbocycles. The third-order valence-corrected chi connectivity index (χ3v) is 5.90. The van der Waals surface area contributed by atoms with Gasteiger partial charge in [0.05, 0.1) is 17.6 Å². The molecular weight excluding hydrogens is 344 g/mol. The Bertz CT molecular complexity index is 831. The molecule has 4 rings (SSSR count). The molecule has 1 saturated carbocycles. The molecule has 2 atom stereocenters. The summed E-state index contributed by atoms with van der Waals surface area (Å²) in [7, 11) is 0. The van der Waals surface area contributed by atoms with Crippen LogP contribution >= 0.6 is 0 Å². The number of carbonyl (C=O) groups excluding carboxylic acids is 1. The van der Waals surface area contributed by atoms with Gasteiger partial charge >= 0.3 is 0 Å². The maximum atomic E-state index is 12.6. The van der Waals surface area contributed by atoms with Crippen molar-refractivity contribution in [2.24, 2.45) is 5.92 Å². The van der Waals surface area contributed by atoms with Crippen LogP contribution in [0.2, 0.25) is 0 Å². The number of carbonyl (C=O) groups is 1. The van der Waals surface area contributed by atoms with Crippen LogP contribution in [0, 0.1) is 16.0 Å². The molecule has 140 valence electrons. The van der Waals surface area contributed by atoms with Crippen LogP contribution in [0.1, 0.15) is 47.7 Å². The van der Waals surface area contributed by atoms with E-state index in [2.05, 4.69) is 5.32 Å². The molecule has 0 bridgehead atoms. The Hall–Kier alpha value is -2.73. The summed E-state index contributed by atoms with van der Waals surface area (Å²) in [6.45, 7) is 0.594. The fourth-order valence-electron chi connectivity index (χ4n) is 4.14. The fourth-order valence-corrected chi connectivity index (χ4v) is 4.14. The van der Waals surface area contributed by atoms with Crippen molar-refractivity contribution in [1.29, 1.82) is 0 Å². The number of nitro groups is 1. The van der Waals surface area contributed by atoms with Crippen molar-refractivity contribution in [3.8, 4) is 0 Å². The van der Waals surface area contributed by atoms with E-state index < -0.39 is 4.92 Å². The van der Waals surface area contributed by atoms with Crippen LogP contribution < -0.4 is 5.32 Å². The van der Waals surface area contributed by atoms with Crippen molar-refractivity contribution in [1.82, 2.24) is 5.32 Å². The number of benzene rings is 2.